The second-order valence-electron chi connectivity index (χ2n) is 5.26. The second-order valence-corrected chi connectivity index (χ2v) is 5.26. The lowest BCUT2D eigenvalue weighted by Gasteiger charge is -2.23. The van der Waals surface area contributed by atoms with Gasteiger partial charge in [0.15, 0.2) is 0 Å². The molecule has 0 bridgehead atoms. The highest BCUT2D eigenvalue weighted by atomic mass is 16.2. The van der Waals surface area contributed by atoms with E-state index in [4.69, 9.17) is 0 Å². The first-order valence-corrected chi connectivity index (χ1v) is 6.70. The molecule has 1 aromatic carbocycles. The fourth-order valence-corrected chi connectivity index (χ4v) is 1.53. The molecular formula is C16H22N2O2. The maximum absolute atomic E-state index is 11.8. The topological polar surface area (TPSA) is 58.2 Å². The second kappa shape index (κ2) is 6.89. The normalized spacial score (nSPS) is 11.4. The van der Waals surface area contributed by atoms with Crippen LogP contribution < -0.4 is 10.6 Å². The van der Waals surface area contributed by atoms with E-state index < -0.39 is 0 Å². The Morgan fingerprint density at radius 2 is 1.80 bits per heavy atom. The number of hydrogen-bond acceptors (Lipinski definition) is 2. The third-order valence-corrected chi connectivity index (χ3v) is 3.17. The molecule has 1 rings (SSSR count). The largest absolute Gasteiger partial charge is 0.355 e. The molecular weight excluding hydrogens is 252 g/mol. The van der Waals surface area contributed by atoms with E-state index in [9.17, 15) is 9.59 Å². The van der Waals surface area contributed by atoms with Crippen LogP contribution in [0.5, 0.6) is 0 Å². The van der Waals surface area contributed by atoms with Gasteiger partial charge >= 0.3 is 0 Å². The number of amides is 2. The number of hydrogen-bond donors (Lipinski definition) is 2. The molecule has 0 aromatic heterocycles. The molecule has 0 unspecified atom stereocenters. The lowest BCUT2D eigenvalue weighted by atomic mass is 10.0. The van der Waals surface area contributed by atoms with Crippen LogP contribution in [0.15, 0.2) is 30.3 Å². The van der Waals surface area contributed by atoms with Gasteiger partial charge in [-0.25, -0.2) is 0 Å². The molecule has 0 radical (unpaired) electrons. The van der Waals surface area contributed by atoms with Crippen LogP contribution in [0.4, 0.5) is 0 Å². The lowest BCUT2D eigenvalue weighted by Crippen LogP contribution is -2.41. The highest BCUT2D eigenvalue weighted by molar-refractivity contribution is 5.95. The summed E-state index contributed by atoms with van der Waals surface area (Å²) >= 11 is 0. The number of rotatable bonds is 5. The summed E-state index contributed by atoms with van der Waals surface area (Å²) in [6.07, 6.45) is 4.11. The van der Waals surface area contributed by atoms with E-state index in [0.717, 1.165) is 12.0 Å². The molecule has 2 amide bonds. The minimum absolute atomic E-state index is 0.118. The van der Waals surface area contributed by atoms with Crippen molar-refractivity contribution in [2.24, 2.45) is 0 Å². The molecule has 0 aliphatic rings. The van der Waals surface area contributed by atoms with Crippen LogP contribution in [0.1, 0.15) is 43.1 Å². The van der Waals surface area contributed by atoms with Gasteiger partial charge in [-0.2, -0.15) is 0 Å². The van der Waals surface area contributed by atoms with E-state index in [0.29, 0.717) is 5.56 Å². The smallest absolute Gasteiger partial charge is 0.251 e. The van der Waals surface area contributed by atoms with Crippen molar-refractivity contribution >= 4 is 17.9 Å². The maximum Gasteiger partial charge on any atom is 0.251 e. The molecule has 4 nitrogen and oxygen atoms in total. The number of carbonyl (C=O) groups excluding carboxylic acids is 2. The van der Waals surface area contributed by atoms with Crippen molar-refractivity contribution in [3.8, 4) is 0 Å². The Morgan fingerprint density at radius 1 is 1.20 bits per heavy atom. The van der Waals surface area contributed by atoms with Crippen molar-refractivity contribution in [3.63, 3.8) is 0 Å². The highest BCUT2D eigenvalue weighted by Crippen LogP contribution is 2.08. The SMILES string of the molecule is CCC(C)(C)NC(=O)/C=C/c1ccc(C(=O)NC)cc1. The maximum atomic E-state index is 11.8. The molecule has 0 aliphatic carbocycles. The molecule has 4 heteroatoms. The van der Waals surface area contributed by atoms with Gasteiger partial charge in [0, 0.05) is 24.2 Å². The van der Waals surface area contributed by atoms with Crippen LogP contribution >= 0.6 is 0 Å². The van der Waals surface area contributed by atoms with E-state index in [1.165, 1.54) is 6.08 Å². The Hall–Kier alpha value is -2.10. The first-order valence-electron chi connectivity index (χ1n) is 6.70. The first-order chi connectivity index (χ1) is 9.38. The third-order valence-electron chi connectivity index (χ3n) is 3.17. The van der Waals surface area contributed by atoms with Crippen molar-refractivity contribution in [3.05, 3.63) is 41.5 Å². The van der Waals surface area contributed by atoms with Crippen molar-refractivity contribution < 1.29 is 9.59 Å². The molecule has 0 aliphatic heterocycles. The Morgan fingerprint density at radius 3 is 2.30 bits per heavy atom. The molecule has 108 valence electrons. The quantitative estimate of drug-likeness (QED) is 0.810. The van der Waals surface area contributed by atoms with Crippen LogP contribution in [-0.4, -0.2) is 24.4 Å². The zero-order valence-electron chi connectivity index (χ0n) is 12.5. The third kappa shape index (κ3) is 4.88. The first kappa shape index (κ1) is 16.0. The molecule has 0 saturated carbocycles. The van der Waals surface area contributed by atoms with Crippen molar-refractivity contribution in [2.45, 2.75) is 32.7 Å². The van der Waals surface area contributed by atoms with Gasteiger partial charge in [0.1, 0.15) is 0 Å². The van der Waals surface area contributed by atoms with E-state index in [1.807, 2.05) is 20.8 Å². The molecule has 0 heterocycles. The van der Waals surface area contributed by atoms with Gasteiger partial charge in [-0.3, -0.25) is 9.59 Å². The zero-order valence-corrected chi connectivity index (χ0v) is 12.5. The molecule has 0 spiro atoms. The van der Waals surface area contributed by atoms with Gasteiger partial charge in [0.2, 0.25) is 5.91 Å². The predicted octanol–water partition coefficient (Wildman–Crippen LogP) is 2.36. The lowest BCUT2D eigenvalue weighted by molar-refractivity contribution is -0.118. The summed E-state index contributed by atoms with van der Waals surface area (Å²) in [5, 5.41) is 5.49. The summed E-state index contributed by atoms with van der Waals surface area (Å²) < 4.78 is 0. The van der Waals surface area contributed by atoms with Gasteiger partial charge in [0.05, 0.1) is 0 Å². The summed E-state index contributed by atoms with van der Waals surface area (Å²) in [5.74, 6) is -0.241. The fourth-order valence-electron chi connectivity index (χ4n) is 1.53. The van der Waals surface area contributed by atoms with Gasteiger partial charge < -0.3 is 10.6 Å². The van der Waals surface area contributed by atoms with E-state index in [2.05, 4.69) is 10.6 Å². The van der Waals surface area contributed by atoms with Crippen LogP contribution in [0, 0.1) is 0 Å². The van der Waals surface area contributed by atoms with E-state index in [-0.39, 0.29) is 17.4 Å². The number of nitrogens with one attached hydrogen (secondary N) is 2. The Kier molecular flexibility index (Phi) is 5.50. The number of benzene rings is 1. The van der Waals surface area contributed by atoms with Gasteiger partial charge in [-0.15, -0.1) is 0 Å². The summed E-state index contributed by atoms with van der Waals surface area (Å²) in [6.45, 7) is 6.00. The molecule has 1 aromatic rings. The average Bonchev–Trinajstić information content (AvgIpc) is 2.44. The zero-order chi connectivity index (χ0) is 15.2. The van der Waals surface area contributed by atoms with Crippen molar-refractivity contribution in [2.75, 3.05) is 7.05 Å². The van der Waals surface area contributed by atoms with Gasteiger partial charge in [0.25, 0.3) is 5.91 Å². The molecule has 0 fully saturated rings. The molecule has 2 N–H and O–H groups in total. The minimum atomic E-state index is -0.204. The van der Waals surface area contributed by atoms with Gasteiger partial charge in [-0.05, 0) is 44.0 Å². The fraction of sp³-hybridized carbons (Fsp3) is 0.375. The molecule has 0 saturated heterocycles. The molecule has 20 heavy (non-hydrogen) atoms. The molecule has 0 atom stereocenters. The van der Waals surface area contributed by atoms with Gasteiger partial charge in [-0.1, -0.05) is 19.1 Å². The minimum Gasteiger partial charge on any atom is -0.355 e. The van der Waals surface area contributed by atoms with Crippen molar-refractivity contribution in [1.29, 1.82) is 0 Å². The van der Waals surface area contributed by atoms with Crippen LogP contribution in [-0.2, 0) is 4.79 Å². The van der Waals surface area contributed by atoms with Crippen LogP contribution in [0.2, 0.25) is 0 Å². The Balaban J connectivity index is 2.67. The number of carbonyl (C=O) groups is 2. The Labute approximate surface area is 120 Å². The predicted molar refractivity (Wildman–Crippen MR) is 81.4 cm³/mol. The highest BCUT2D eigenvalue weighted by Gasteiger charge is 2.15. The average molecular weight is 274 g/mol. The Bertz CT molecular complexity index is 502. The summed E-state index contributed by atoms with van der Waals surface area (Å²) in [5.41, 5.74) is 1.27. The van der Waals surface area contributed by atoms with E-state index in [1.54, 1.807) is 37.4 Å². The summed E-state index contributed by atoms with van der Waals surface area (Å²) in [4.78, 5) is 23.1. The monoisotopic (exact) mass is 274 g/mol. The van der Waals surface area contributed by atoms with Crippen LogP contribution in [0.3, 0.4) is 0 Å². The summed E-state index contributed by atoms with van der Waals surface area (Å²) in [7, 11) is 1.59. The van der Waals surface area contributed by atoms with E-state index >= 15 is 0 Å². The van der Waals surface area contributed by atoms with Crippen LogP contribution in [0.25, 0.3) is 6.08 Å². The van der Waals surface area contributed by atoms with Crippen molar-refractivity contribution in [1.82, 2.24) is 10.6 Å². The summed E-state index contributed by atoms with van der Waals surface area (Å²) in [6, 6.07) is 7.07. The standard InChI is InChI=1S/C16H22N2O2/c1-5-16(2,3)18-14(19)11-8-12-6-9-13(10-7-12)15(20)17-4/h6-11H,5H2,1-4H3,(H,17,20)(H,18,19)/b11-8+.